The summed E-state index contributed by atoms with van der Waals surface area (Å²) in [4.78, 5) is 0. The number of hydrogen-bond acceptors (Lipinski definition) is 1. The standard InChI is InChI=1S/C15H13OSi/c1-17(16-13-8-3-2-4-9-13)15-11-12-7-5-6-10-14(12)15/h2-11H,1H3. The Morgan fingerprint density at radius 3 is 2.35 bits per heavy atom. The molecule has 0 unspecified atom stereocenters. The van der Waals surface area contributed by atoms with Crippen LogP contribution in [0.4, 0.5) is 0 Å². The van der Waals surface area contributed by atoms with Crippen LogP contribution in [0.25, 0.3) is 11.3 Å². The molecule has 0 spiro atoms. The van der Waals surface area contributed by atoms with E-state index in [2.05, 4.69) is 36.9 Å². The maximum atomic E-state index is 6.01. The average molecular weight is 237 g/mol. The van der Waals surface area contributed by atoms with Crippen LogP contribution in [0.3, 0.4) is 0 Å². The third-order valence-electron chi connectivity index (χ3n) is 2.94. The Morgan fingerprint density at radius 2 is 1.59 bits per heavy atom. The summed E-state index contributed by atoms with van der Waals surface area (Å²) in [7, 11) is -0.934. The van der Waals surface area contributed by atoms with E-state index in [1.165, 1.54) is 16.3 Å². The van der Waals surface area contributed by atoms with Crippen molar-refractivity contribution >= 4 is 20.3 Å². The first-order valence-corrected chi connectivity index (χ1v) is 7.63. The van der Waals surface area contributed by atoms with Crippen molar-refractivity contribution in [3.8, 4) is 5.75 Å². The molecular weight excluding hydrogens is 224 g/mol. The van der Waals surface area contributed by atoms with Crippen molar-refractivity contribution < 1.29 is 4.43 Å². The maximum absolute atomic E-state index is 6.01. The minimum atomic E-state index is -0.934. The smallest absolute Gasteiger partial charge is 0.314 e. The van der Waals surface area contributed by atoms with Gasteiger partial charge in [0, 0.05) is 0 Å². The third kappa shape index (κ3) is 1.92. The molecule has 0 saturated heterocycles. The molecule has 0 saturated carbocycles. The quantitative estimate of drug-likeness (QED) is 0.738. The summed E-state index contributed by atoms with van der Waals surface area (Å²) in [5.74, 6) is 0.967. The van der Waals surface area contributed by atoms with Gasteiger partial charge in [-0.15, -0.1) is 0 Å². The normalized spacial score (nSPS) is 12.7. The first kappa shape index (κ1) is 10.4. The summed E-state index contributed by atoms with van der Waals surface area (Å²) in [6, 6.07) is 18.5. The Labute approximate surface area is 103 Å². The van der Waals surface area contributed by atoms with Crippen molar-refractivity contribution in [2.24, 2.45) is 0 Å². The van der Waals surface area contributed by atoms with Crippen LogP contribution < -0.4 is 4.43 Å². The van der Waals surface area contributed by atoms with Crippen LogP contribution in [-0.4, -0.2) is 9.04 Å². The molecule has 0 heterocycles. The van der Waals surface area contributed by atoms with Crippen molar-refractivity contribution in [3.05, 3.63) is 65.7 Å². The van der Waals surface area contributed by atoms with Crippen molar-refractivity contribution in [2.45, 2.75) is 6.55 Å². The second-order valence-electron chi connectivity index (χ2n) is 4.12. The molecule has 83 valence electrons. The minimum absolute atomic E-state index is 0.934. The fraction of sp³-hybridized carbons (Fsp3) is 0.0667. The van der Waals surface area contributed by atoms with Crippen molar-refractivity contribution in [3.63, 3.8) is 0 Å². The zero-order valence-corrected chi connectivity index (χ0v) is 10.7. The highest BCUT2D eigenvalue weighted by Crippen LogP contribution is 2.34. The van der Waals surface area contributed by atoms with Crippen molar-refractivity contribution in [1.82, 2.24) is 0 Å². The predicted octanol–water partition coefficient (Wildman–Crippen LogP) is 3.78. The van der Waals surface area contributed by atoms with Crippen molar-refractivity contribution in [1.29, 1.82) is 0 Å². The van der Waals surface area contributed by atoms with Gasteiger partial charge in [-0.1, -0.05) is 48.5 Å². The van der Waals surface area contributed by atoms with E-state index in [1.54, 1.807) is 0 Å². The lowest BCUT2D eigenvalue weighted by atomic mass is 9.98. The van der Waals surface area contributed by atoms with Crippen LogP contribution >= 0.6 is 0 Å². The van der Waals surface area contributed by atoms with Gasteiger partial charge in [-0.05, 0) is 35.0 Å². The van der Waals surface area contributed by atoms with E-state index in [9.17, 15) is 0 Å². The highest BCUT2D eigenvalue weighted by Gasteiger charge is 2.24. The van der Waals surface area contributed by atoms with E-state index >= 15 is 0 Å². The molecule has 0 N–H and O–H groups in total. The van der Waals surface area contributed by atoms with Gasteiger partial charge in [-0.3, -0.25) is 0 Å². The molecule has 2 heteroatoms. The summed E-state index contributed by atoms with van der Waals surface area (Å²) in [6.45, 7) is 2.19. The molecule has 0 bridgehead atoms. The SMILES string of the molecule is C[Si](Oc1ccccc1)C1=Cc2ccccc21. The lowest BCUT2D eigenvalue weighted by Gasteiger charge is -2.24. The summed E-state index contributed by atoms with van der Waals surface area (Å²) in [5, 5.41) is 1.38. The molecule has 3 rings (SSSR count). The summed E-state index contributed by atoms with van der Waals surface area (Å²) in [5.41, 5.74) is 2.70. The molecule has 0 amide bonds. The molecule has 0 atom stereocenters. The Hall–Kier alpha value is -1.80. The van der Waals surface area contributed by atoms with E-state index < -0.39 is 9.04 Å². The molecule has 1 aliphatic rings. The van der Waals surface area contributed by atoms with Gasteiger partial charge in [0.25, 0.3) is 0 Å². The number of benzene rings is 2. The Kier molecular flexibility index (Phi) is 2.57. The number of fused-ring (bicyclic) bond motifs is 1. The number of hydrogen-bond donors (Lipinski definition) is 0. The molecule has 0 fully saturated rings. The minimum Gasteiger partial charge on any atom is -0.537 e. The second kappa shape index (κ2) is 4.22. The zero-order chi connectivity index (χ0) is 11.7. The van der Waals surface area contributed by atoms with Gasteiger partial charge in [0.05, 0.1) is 0 Å². The largest absolute Gasteiger partial charge is 0.537 e. The summed E-state index contributed by atoms with van der Waals surface area (Å²) >= 11 is 0. The average Bonchev–Trinajstić information content (AvgIpc) is 2.32. The van der Waals surface area contributed by atoms with E-state index in [1.807, 2.05) is 30.3 Å². The van der Waals surface area contributed by atoms with Crippen LogP contribution in [0.2, 0.25) is 6.55 Å². The van der Waals surface area contributed by atoms with Crippen LogP contribution in [-0.2, 0) is 0 Å². The topological polar surface area (TPSA) is 9.23 Å². The molecule has 0 aliphatic heterocycles. The van der Waals surface area contributed by atoms with Gasteiger partial charge < -0.3 is 4.43 Å². The van der Waals surface area contributed by atoms with E-state index in [0.717, 1.165) is 5.75 Å². The van der Waals surface area contributed by atoms with Crippen molar-refractivity contribution in [2.75, 3.05) is 0 Å². The number of para-hydroxylation sites is 1. The zero-order valence-electron chi connectivity index (χ0n) is 9.68. The van der Waals surface area contributed by atoms with E-state index in [0.29, 0.717) is 0 Å². The second-order valence-corrected chi connectivity index (χ2v) is 5.97. The Morgan fingerprint density at radius 1 is 0.882 bits per heavy atom. The first-order valence-electron chi connectivity index (χ1n) is 5.72. The Bertz CT molecular complexity index is 560. The maximum Gasteiger partial charge on any atom is 0.314 e. The molecule has 2 aromatic carbocycles. The fourth-order valence-electron chi connectivity index (χ4n) is 2.04. The molecule has 17 heavy (non-hydrogen) atoms. The molecule has 2 aromatic rings. The lowest BCUT2D eigenvalue weighted by Crippen LogP contribution is -2.23. The Balaban J connectivity index is 1.76. The van der Waals surface area contributed by atoms with Gasteiger partial charge in [0.15, 0.2) is 0 Å². The van der Waals surface area contributed by atoms with Gasteiger partial charge in [0.1, 0.15) is 5.75 Å². The summed E-state index contributed by atoms with van der Waals surface area (Å²) < 4.78 is 6.01. The van der Waals surface area contributed by atoms with Crippen LogP contribution in [0.1, 0.15) is 11.1 Å². The molecule has 1 nitrogen and oxygen atoms in total. The van der Waals surface area contributed by atoms with Crippen LogP contribution in [0.5, 0.6) is 5.75 Å². The molecular formula is C15H13OSi. The van der Waals surface area contributed by atoms with Gasteiger partial charge in [0.2, 0.25) is 0 Å². The molecule has 0 aromatic heterocycles. The predicted molar refractivity (Wildman–Crippen MR) is 73.0 cm³/mol. The van der Waals surface area contributed by atoms with Gasteiger partial charge in [-0.2, -0.15) is 0 Å². The number of rotatable bonds is 3. The highest BCUT2D eigenvalue weighted by atomic mass is 28.3. The third-order valence-corrected chi connectivity index (χ3v) is 4.66. The van der Waals surface area contributed by atoms with Gasteiger partial charge in [-0.25, -0.2) is 0 Å². The molecule has 1 radical (unpaired) electrons. The lowest BCUT2D eigenvalue weighted by molar-refractivity contribution is 0.587. The van der Waals surface area contributed by atoms with E-state index in [-0.39, 0.29) is 0 Å². The van der Waals surface area contributed by atoms with Crippen LogP contribution in [0.15, 0.2) is 54.6 Å². The highest BCUT2D eigenvalue weighted by molar-refractivity contribution is 6.76. The molecule has 1 aliphatic carbocycles. The van der Waals surface area contributed by atoms with Crippen LogP contribution in [0, 0.1) is 0 Å². The van der Waals surface area contributed by atoms with E-state index in [4.69, 9.17) is 4.43 Å². The fourth-order valence-corrected chi connectivity index (χ4v) is 3.60. The summed E-state index contributed by atoms with van der Waals surface area (Å²) in [6.07, 6.45) is 2.24. The first-order chi connectivity index (χ1) is 8.34. The monoisotopic (exact) mass is 237 g/mol. The van der Waals surface area contributed by atoms with Gasteiger partial charge >= 0.3 is 9.04 Å².